The van der Waals surface area contributed by atoms with Crippen molar-refractivity contribution < 1.29 is 9.53 Å². The molecule has 1 aliphatic heterocycles. The van der Waals surface area contributed by atoms with Crippen LogP contribution in [0.5, 0.6) is 0 Å². The molecule has 1 aliphatic carbocycles. The van der Waals surface area contributed by atoms with Gasteiger partial charge in [0.2, 0.25) is 0 Å². The van der Waals surface area contributed by atoms with Crippen LogP contribution < -0.4 is 5.32 Å². The summed E-state index contributed by atoms with van der Waals surface area (Å²) in [5.41, 5.74) is 1.05. The molecule has 0 aromatic heterocycles. The van der Waals surface area contributed by atoms with Crippen LogP contribution in [-0.4, -0.2) is 18.1 Å². The van der Waals surface area contributed by atoms with E-state index in [0.29, 0.717) is 18.6 Å². The quantitative estimate of drug-likeness (QED) is 0.841. The van der Waals surface area contributed by atoms with Gasteiger partial charge in [0.15, 0.2) is 0 Å². The van der Waals surface area contributed by atoms with Gasteiger partial charge in [-0.15, -0.1) is 0 Å². The summed E-state index contributed by atoms with van der Waals surface area (Å²) in [6, 6.07) is 10.3. The van der Waals surface area contributed by atoms with Gasteiger partial charge in [-0.25, -0.2) is 0 Å². The second-order valence-corrected chi connectivity index (χ2v) is 5.70. The van der Waals surface area contributed by atoms with Crippen LogP contribution in [0.2, 0.25) is 0 Å². The fraction of sp³-hybridized carbons (Fsp3) is 0.562. The predicted octanol–water partition coefficient (Wildman–Crippen LogP) is 2.99. The molecule has 3 nitrogen and oxygen atoms in total. The molecule has 1 saturated carbocycles. The third-order valence-corrected chi connectivity index (χ3v) is 4.37. The van der Waals surface area contributed by atoms with Gasteiger partial charge >= 0.3 is 5.97 Å². The first kappa shape index (κ1) is 21.7. The highest BCUT2D eigenvalue weighted by molar-refractivity contribution is 7.59. The van der Waals surface area contributed by atoms with Gasteiger partial charge in [-0.05, 0) is 30.7 Å². The van der Waals surface area contributed by atoms with E-state index in [1.54, 1.807) is 0 Å². The van der Waals surface area contributed by atoms with E-state index in [2.05, 4.69) is 5.32 Å². The number of ether oxygens (including phenoxy) is 1. The lowest BCUT2D eigenvalue weighted by atomic mass is 9.85. The summed E-state index contributed by atoms with van der Waals surface area (Å²) in [6.45, 7) is 0.382. The minimum absolute atomic E-state index is 0. The van der Waals surface area contributed by atoms with E-state index in [-0.39, 0.29) is 52.5 Å². The molecule has 0 radical (unpaired) electrons. The van der Waals surface area contributed by atoms with E-state index >= 15 is 0 Å². The Labute approximate surface area is 153 Å². The smallest absolute Gasteiger partial charge is 0.323 e. The summed E-state index contributed by atoms with van der Waals surface area (Å²) < 4.78 is 5.42. The summed E-state index contributed by atoms with van der Waals surface area (Å²) in [4.78, 5) is 12.1. The number of carbonyl (C=O) groups excluding carboxylic acids is 1. The van der Waals surface area contributed by atoms with Gasteiger partial charge in [0.25, 0.3) is 0 Å². The largest absolute Gasteiger partial charge is 0.460 e. The van der Waals surface area contributed by atoms with Crippen LogP contribution in [0.1, 0.15) is 37.7 Å². The second-order valence-electron chi connectivity index (χ2n) is 5.70. The molecule has 0 unspecified atom stereocenters. The monoisotopic (exact) mass is 361 g/mol. The Hall–Kier alpha value is -0.300. The van der Waals surface area contributed by atoms with Gasteiger partial charge in [0.05, 0.1) is 0 Å². The standard InChI is InChI=1S/C16H21NO2.3H2S/c18-16(19-11-12-6-2-1-3-7-12)15-10-13-8-4-5-9-14(13)17-15;;;/h1-3,6-7,13-15,17H,4-5,8-11H2;3*1H2/t13-,14-,15-;;;/m1.../s1. The lowest BCUT2D eigenvalue weighted by Crippen LogP contribution is -2.37. The van der Waals surface area contributed by atoms with Crippen LogP contribution >= 0.6 is 40.5 Å². The molecule has 0 amide bonds. The summed E-state index contributed by atoms with van der Waals surface area (Å²) in [6.07, 6.45) is 6.04. The topological polar surface area (TPSA) is 38.3 Å². The molecular formula is C16H27NO2S3. The number of esters is 1. The van der Waals surface area contributed by atoms with Crippen LogP contribution in [0, 0.1) is 5.92 Å². The van der Waals surface area contributed by atoms with Gasteiger partial charge in [-0.1, -0.05) is 43.2 Å². The first-order valence-corrected chi connectivity index (χ1v) is 7.29. The highest BCUT2D eigenvalue weighted by Crippen LogP contribution is 2.33. The number of benzene rings is 1. The van der Waals surface area contributed by atoms with E-state index in [1.165, 1.54) is 25.7 Å². The molecule has 0 spiro atoms. The Morgan fingerprint density at radius 1 is 1.09 bits per heavy atom. The molecule has 2 fully saturated rings. The van der Waals surface area contributed by atoms with E-state index in [1.807, 2.05) is 30.3 Å². The number of carbonyl (C=O) groups is 1. The zero-order valence-corrected chi connectivity index (χ0v) is 15.7. The Kier molecular flexibility index (Phi) is 10.3. The molecule has 6 heteroatoms. The van der Waals surface area contributed by atoms with Crippen molar-refractivity contribution in [1.82, 2.24) is 5.32 Å². The molecule has 1 aromatic carbocycles. The van der Waals surface area contributed by atoms with Crippen LogP contribution in [-0.2, 0) is 16.1 Å². The summed E-state index contributed by atoms with van der Waals surface area (Å²) in [5.74, 6) is 0.598. The Morgan fingerprint density at radius 3 is 2.45 bits per heavy atom. The first-order valence-electron chi connectivity index (χ1n) is 7.29. The van der Waals surface area contributed by atoms with Gasteiger partial charge < -0.3 is 10.1 Å². The Bertz CT molecular complexity index is 430. The molecule has 0 bridgehead atoms. The van der Waals surface area contributed by atoms with E-state index in [4.69, 9.17) is 4.74 Å². The van der Waals surface area contributed by atoms with Crippen molar-refractivity contribution in [1.29, 1.82) is 0 Å². The van der Waals surface area contributed by atoms with E-state index in [0.717, 1.165) is 12.0 Å². The Balaban J connectivity index is 0.00000147. The summed E-state index contributed by atoms with van der Waals surface area (Å²) in [5, 5.41) is 3.45. The molecule has 126 valence electrons. The third kappa shape index (κ3) is 5.41. The van der Waals surface area contributed by atoms with Crippen LogP contribution in [0.15, 0.2) is 30.3 Å². The zero-order valence-electron chi connectivity index (χ0n) is 12.7. The molecule has 3 rings (SSSR count). The molecule has 1 N–H and O–H groups in total. The van der Waals surface area contributed by atoms with Crippen LogP contribution in [0.3, 0.4) is 0 Å². The van der Waals surface area contributed by atoms with Gasteiger partial charge in [0, 0.05) is 6.04 Å². The second kappa shape index (κ2) is 10.5. The average molecular weight is 362 g/mol. The maximum absolute atomic E-state index is 12.1. The van der Waals surface area contributed by atoms with E-state index in [9.17, 15) is 4.79 Å². The van der Waals surface area contributed by atoms with Crippen molar-refractivity contribution in [2.45, 2.75) is 50.8 Å². The van der Waals surface area contributed by atoms with Crippen molar-refractivity contribution in [3.63, 3.8) is 0 Å². The molecular weight excluding hydrogens is 334 g/mol. The summed E-state index contributed by atoms with van der Waals surface area (Å²) >= 11 is 0. The van der Waals surface area contributed by atoms with Crippen molar-refractivity contribution >= 4 is 46.5 Å². The highest BCUT2D eigenvalue weighted by atomic mass is 32.1. The van der Waals surface area contributed by atoms with Crippen molar-refractivity contribution in [2.75, 3.05) is 0 Å². The lowest BCUT2D eigenvalue weighted by Gasteiger charge is -2.24. The normalized spacial score (nSPS) is 25.7. The minimum Gasteiger partial charge on any atom is -0.460 e. The average Bonchev–Trinajstić information content (AvgIpc) is 2.90. The molecule has 1 aromatic rings. The van der Waals surface area contributed by atoms with Gasteiger partial charge in [-0.3, -0.25) is 4.79 Å². The maximum Gasteiger partial charge on any atom is 0.323 e. The zero-order chi connectivity index (χ0) is 13.1. The molecule has 1 heterocycles. The molecule has 1 saturated heterocycles. The van der Waals surface area contributed by atoms with Crippen LogP contribution in [0.25, 0.3) is 0 Å². The number of hydrogen-bond acceptors (Lipinski definition) is 3. The third-order valence-electron chi connectivity index (χ3n) is 4.37. The predicted molar refractivity (Wildman–Crippen MR) is 105 cm³/mol. The van der Waals surface area contributed by atoms with Crippen LogP contribution in [0.4, 0.5) is 0 Å². The first-order chi connectivity index (χ1) is 9.33. The lowest BCUT2D eigenvalue weighted by molar-refractivity contribution is -0.147. The van der Waals surface area contributed by atoms with Gasteiger partial charge in [-0.2, -0.15) is 40.5 Å². The Morgan fingerprint density at radius 2 is 1.77 bits per heavy atom. The molecule has 3 atom stereocenters. The fourth-order valence-electron chi connectivity index (χ4n) is 3.33. The summed E-state index contributed by atoms with van der Waals surface area (Å²) in [7, 11) is 0. The number of nitrogens with one attached hydrogen (secondary N) is 1. The van der Waals surface area contributed by atoms with Crippen molar-refractivity contribution in [3.05, 3.63) is 35.9 Å². The molecule has 22 heavy (non-hydrogen) atoms. The molecule has 2 aliphatic rings. The fourth-order valence-corrected chi connectivity index (χ4v) is 3.33. The highest BCUT2D eigenvalue weighted by Gasteiger charge is 2.38. The van der Waals surface area contributed by atoms with Crippen molar-refractivity contribution in [2.24, 2.45) is 5.92 Å². The SMILES string of the molecule is O=C(OCc1ccccc1)[C@H]1C[C@H]2CCCC[C@H]2N1.S.S.S. The van der Waals surface area contributed by atoms with Gasteiger partial charge in [0.1, 0.15) is 12.6 Å². The number of rotatable bonds is 3. The maximum atomic E-state index is 12.1. The van der Waals surface area contributed by atoms with Crippen molar-refractivity contribution in [3.8, 4) is 0 Å². The minimum atomic E-state index is -0.0863. The van der Waals surface area contributed by atoms with E-state index < -0.39 is 0 Å². The number of hydrogen-bond donors (Lipinski definition) is 1. The number of fused-ring (bicyclic) bond motifs is 1.